The zero-order valence-corrected chi connectivity index (χ0v) is 62.1. The van der Waals surface area contributed by atoms with E-state index in [1.165, 1.54) is 0 Å². The minimum Gasteiger partial charge on any atom is -0.494 e. The summed E-state index contributed by atoms with van der Waals surface area (Å²) in [4.78, 5) is 39.2. The molecule has 0 radical (unpaired) electrons. The van der Waals surface area contributed by atoms with Crippen molar-refractivity contribution in [3.63, 3.8) is 0 Å². The first-order chi connectivity index (χ1) is 46.8. The predicted molar refractivity (Wildman–Crippen MR) is 378 cm³/mol. The van der Waals surface area contributed by atoms with Crippen molar-refractivity contribution in [2.75, 3.05) is 112 Å². The Labute approximate surface area is 568 Å². The Balaban J connectivity index is 1.08. The van der Waals surface area contributed by atoms with Crippen LogP contribution in [-0.2, 0) is 53.1 Å². The van der Waals surface area contributed by atoms with Gasteiger partial charge in [-0.3, -0.25) is 0 Å². The van der Waals surface area contributed by atoms with E-state index in [0.717, 1.165) is 171 Å². The highest BCUT2D eigenvalue weighted by Crippen LogP contribution is 2.41. The van der Waals surface area contributed by atoms with Crippen LogP contribution >= 0.6 is 0 Å². The average molecular weight is 1400 g/mol. The number of hydrogen-bond donors (Lipinski definition) is 2. The summed E-state index contributed by atoms with van der Waals surface area (Å²) in [5.41, 5.74) is 5.24. The van der Waals surface area contributed by atoms with Gasteiger partial charge in [0.2, 0.25) is 0 Å². The Morgan fingerprint density at radius 2 is 0.490 bits per heavy atom. The van der Waals surface area contributed by atoms with Crippen LogP contribution in [0.3, 0.4) is 0 Å². The molecule has 7 aromatic rings. The summed E-state index contributed by atoms with van der Waals surface area (Å²) in [5, 5.41) is 3.19. The number of unbranched alkanes of at least 4 members (excludes halogenated alkanes) is 12. The van der Waals surface area contributed by atoms with Crippen molar-refractivity contribution in [2.24, 2.45) is 0 Å². The molecule has 8 bridgehead atoms. The summed E-state index contributed by atoms with van der Waals surface area (Å²) in [6, 6.07) is 27.0. The zero-order valence-electron chi connectivity index (χ0n) is 58.1. The topological polar surface area (TPSA) is 257 Å². The summed E-state index contributed by atoms with van der Waals surface area (Å²) in [6.07, 6.45) is 15.0. The fraction of sp³-hybridized carbons (Fsp3) is 0.529. The summed E-state index contributed by atoms with van der Waals surface area (Å²) < 4.78 is 93.6. The van der Waals surface area contributed by atoms with Gasteiger partial charge in [-0.05, 0) is 124 Å². The van der Waals surface area contributed by atoms with Gasteiger partial charge >= 0.3 is 35.2 Å². The third-order valence-electron chi connectivity index (χ3n) is 18.0. The lowest BCUT2D eigenvalue weighted by Crippen LogP contribution is -2.42. The van der Waals surface area contributed by atoms with Crippen molar-refractivity contribution in [3.8, 4) is 68.5 Å². The smallest absolute Gasteiger partial charge is 0.494 e. The number of aromatic amines is 2. The Bertz CT molecular complexity index is 3520. The SMILES string of the molecule is CO[Si](CCCCCCOc1ccc2c(c1)-c1nc-2nc2[nH]c(nc3nc(nc4[nH]c(n1)c1ccc(OCCCCCC[Si](OC)(OC)OC)cc41)-c1ccc(OCCCCCC[Si](OC)(OC)OC)cc1-3)c1ccc(OCCCCCC[Si](OC)(OC)OC)cc21)(OC)OC. The van der Waals surface area contributed by atoms with Gasteiger partial charge in [0.05, 0.1) is 26.4 Å². The molecule has 9 rings (SSSR count). The van der Waals surface area contributed by atoms with Crippen LogP contribution in [-0.4, -0.2) is 187 Å². The van der Waals surface area contributed by atoms with Crippen LogP contribution in [0.2, 0.25) is 24.2 Å². The molecule has 0 saturated heterocycles. The van der Waals surface area contributed by atoms with Crippen LogP contribution in [0.4, 0.5) is 0 Å². The summed E-state index contributed by atoms with van der Waals surface area (Å²) in [6.45, 7) is 2.09. The summed E-state index contributed by atoms with van der Waals surface area (Å²) in [5.74, 6) is 4.58. The van der Waals surface area contributed by atoms with E-state index in [2.05, 4.69) is 9.97 Å². The van der Waals surface area contributed by atoms with Crippen molar-refractivity contribution in [3.05, 3.63) is 72.8 Å². The Morgan fingerprint density at radius 3 is 0.771 bits per heavy atom. The molecular formula is C68H98N8O16Si4. The number of hydrogen-bond acceptors (Lipinski definition) is 22. The first kappa shape index (κ1) is 74.1. The van der Waals surface area contributed by atoms with Gasteiger partial charge < -0.3 is 82.0 Å². The van der Waals surface area contributed by atoms with Crippen molar-refractivity contribution in [2.45, 2.75) is 127 Å². The normalized spacial score (nSPS) is 12.6. The maximum absolute atomic E-state index is 6.48. The second kappa shape index (κ2) is 36.1. The van der Waals surface area contributed by atoms with Gasteiger partial charge in [-0.1, -0.05) is 51.4 Å². The molecule has 0 unspecified atom stereocenters. The summed E-state index contributed by atoms with van der Waals surface area (Å²) in [7, 11) is 9.29. The van der Waals surface area contributed by atoms with Gasteiger partial charge in [-0.15, -0.1) is 0 Å². The number of benzene rings is 4. The number of nitrogens with zero attached hydrogens (tertiary/aromatic N) is 6. The van der Waals surface area contributed by atoms with E-state index in [1.807, 2.05) is 72.8 Å². The van der Waals surface area contributed by atoms with Crippen LogP contribution in [0.15, 0.2) is 72.8 Å². The number of aromatic nitrogens is 8. The number of rotatable bonds is 44. The highest BCUT2D eigenvalue weighted by molar-refractivity contribution is 6.61. The molecule has 522 valence electrons. The molecule has 0 saturated carbocycles. The zero-order chi connectivity index (χ0) is 68.0. The van der Waals surface area contributed by atoms with Crippen molar-refractivity contribution in [1.82, 2.24) is 39.9 Å². The van der Waals surface area contributed by atoms with E-state index in [9.17, 15) is 0 Å². The van der Waals surface area contributed by atoms with Crippen LogP contribution in [0.5, 0.6) is 23.0 Å². The molecule has 96 heavy (non-hydrogen) atoms. The maximum Gasteiger partial charge on any atom is 0.500 e. The molecule has 0 amide bonds. The number of fused-ring (bicyclic) bond motifs is 20. The fourth-order valence-corrected chi connectivity index (χ4v) is 19.4. The molecule has 24 nitrogen and oxygen atoms in total. The lowest BCUT2D eigenvalue weighted by atomic mass is 10.1. The monoisotopic (exact) mass is 1390 g/mol. The molecule has 2 aliphatic rings. The van der Waals surface area contributed by atoms with Gasteiger partial charge in [0.1, 0.15) is 45.6 Å². The second-order valence-electron chi connectivity index (χ2n) is 23.7. The third-order valence-corrected chi connectivity index (χ3v) is 29.4. The standard InChI is InChI=1S/C68H98N8O16Si4/c1-77-93(78-2,79-3)41-25-17-13-21-37-89-49-29-33-53-57(45-49)65-69-61(53)74-66-59-47-51(91-39-23-15-19-27-43-95(83-7,84-8)85-9)31-35-55(59)63(71-66)76-68-60-48-52(92-40-24-16-20-28-44-96(86-10,87-11)88-12)32-36-56(60)64(72-68)75-67-58-46-50(30-34-54(58)62(70-67)73-65)90-38-22-14-18-26-42-94(80-4,81-5)82-6/h29-36,45-48H,13-28,37-44H2,1-12H3,(H2,69,70,71,72,73,74,75,76). The highest BCUT2D eigenvalue weighted by Gasteiger charge is 2.39. The Hall–Kier alpha value is -6.17. The molecule has 0 aliphatic carbocycles. The van der Waals surface area contributed by atoms with Crippen LogP contribution in [0.25, 0.3) is 89.7 Å². The molecule has 5 heterocycles. The molecule has 2 aliphatic heterocycles. The fourth-order valence-electron chi connectivity index (χ4n) is 12.2. The lowest BCUT2D eigenvalue weighted by Gasteiger charge is -2.24. The van der Waals surface area contributed by atoms with E-state index < -0.39 is 35.2 Å². The molecule has 4 aromatic carbocycles. The Morgan fingerprint density at radius 1 is 0.250 bits per heavy atom. The van der Waals surface area contributed by atoms with Crippen LogP contribution in [0.1, 0.15) is 103 Å². The van der Waals surface area contributed by atoms with Crippen molar-refractivity contribution in [1.29, 1.82) is 0 Å². The molecule has 2 N–H and O–H groups in total. The van der Waals surface area contributed by atoms with Gasteiger partial charge in [0, 0.05) is 153 Å². The first-order valence-electron chi connectivity index (χ1n) is 33.4. The molecule has 0 atom stereocenters. The number of nitrogens with one attached hydrogen (secondary N) is 2. The molecule has 3 aromatic heterocycles. The second-order valence-corrected chi connectivity index (χ2v) is 36.0. The minimum absolute atomic E-state index is 0.447. The van der Waals surface area contributed by atoms with E-state index >= 15 is 0 Å². The van der Waals surface area contributed by atoms with E-state index in [4.69, 9.17) is 102 Å². The van der Waals surface area contributed by atoms with Crippen LogP contribution < -0.4 is 18.9 Å². The van der Waals surface area contributed by atoms with Gasteiger partial charge in [0.15, 0.2) is 23.3 Å². The quantitative estimate of drug-likeness (QED) is 0.0266. The van der Waals surface area contributed by atoms with Crippen LogP contribution in [0, 0.1) is 0 Å². The predicted octanol–water partition coefficient (Wildman–Crippen LogP) is 14.1. The highest BCUT2D eigenvalue weighted by atomic mass is 28.4. The first-order valence-corrected chi connectivity index (χ1v) is 41.1. The van der Waals surface area contributed by atoms with Gasteiger partial charge in [0.25, 0.3) is 0 Å². The average Bonchev–Trinajstić information content (AvgIpc) is 1.61. The van der Waals surface area contributed by atoms with E-state index in [-0.39, 0.29) is 0 Å². The summed E-state index contributed by atoms with van der Waals surface area (Å²) >= 11 is 0. The third kappa shape index (κ3) is 18.4. The van der Waals surface area contributed by atoms with E-state index in [0.29, 0.717) is 95.3 Å². The Kier molecular flexibility index (Phi) is 27.8. The maximum atomic E-state index is 6.48. The number of H-pyrrole nitrogens is 2. The molecule has 28 heteroatoms. The van der Waals surface area contributed by atoms with Crippen molar-refractivity contribution >= 4 is 79.4 Å². The largest absolute Gasteiger partial charge is 0.500 e. The lowest BCUT2D eigenvalue weighted by molar-refractivity contribution is 0.122. The molecular weight excluding hydrogens is 1300 g/mol. The van der Waals surface area contributed by atoms with Gasteiger partial charge in [-0.25, -0.2) is 29.9 Å². The van der Waals surface area contributed by atoms with Gasteiger partial charge in [-0.2, -0.15) is 0 Å². The molecule has 0 spiro atoms. The minimum atomic E-state index is -2.63. The van der Waals surface area contributed by atoms with E-state index in [1.54, 1.807) is 85.3 Å². The van der Waals surface area contributed by atoms with Crippen molar-refractivity contribution < 1.29 is 72.1 Å². The molecule has 0 fully saturated rings. The number of ether oxygens (including phenoxy) is 4.